The Morgan fingerprint density at radius 1 is 1.24 bits per heavy atom. The predicted octanol–water partition coefficient (Wildman–Crippen LogP) is 1.83. The molecule has 0 saturated carbocycles. The summed E-state index contributed by atoms with van der Waals surface area (Å²) in [6.45, 7) is 1.46. The zero-order valence-electron chi connectivity index (χ0n) is 15.2. The Labute approximate surface area is 165 Å². The molecule has 0 radical (unpaired) electrons. The third-order valence-corrected chi connectivity index (χ3v) is 6.82. The van der Waals surface area contributed by atoms with Gasteiger partial charge in [0.15, 0.2) is 15.7 Å². The van der Waals surface area contributed by atoms with Crippen LogP contribution in [0.15, 0.2) is 41.8 Å². The number of nitrogens with two attached hydrogens (primary N) is 1. The second-order valence-corrected chi connectivity index (χ2v) is 9.05. The number of aromatic nitrogens is 3. The van der Waals surface area contributed by atoms with Gasteiger partial charge in [-0.25, -0.2) is 27.8 Å². The maximum atomic E-state index is 14.4. The highest BCUT2D eigenvalue weighted by Gasteiger charge is 2.35. The van der Waals surface area contributed by atoms with E-state index in [9.17, 15) is 17.9 Å². The standard InChI is InChI=1S/C18H17FN6O3S/c1-9-17(20)24-14(8-29(9,27)28)12-5-15(22-7-13(12)19)25-18-16-10(2-3-21-18)4-11(26)6-23-16/h2-7,9,14,26H,8H2,1H3,(H2,20,24)(H,21,22,25)/t9?,14-/m0/s1. The third-order valence-electron chi connectivity index (χ3n) is 4.73. The first-order valence-corrected chi connectivity index (χ1v) is 10.4. The van der Waals surface area contributed by atoms with Crippen molar-refractivity contribution in [3.63, 3.8) is 0 Å². The maximum Gasteiger partial charge on any atom is 0.162 e. The van der Waals surface area contributed by atoms with Crippen molar-refractivity contribution in [2.45, 2.75) is 18.2 Å². The largest absolute Gasteiger partial charge is 0.506 e. The lowest BCUT2D eigenvalue weighted by molar-refractivity contribution is 0.474. The summed E-state index contributed by atoms with van der Waals surface area (Å²) < 4.78 is 39.0. The Morgan fingerprint density at radius 2 is 2.03 bits per heavy atom. The van der Waals surface area contributed by atoms with Crippen LogP contribution in [0.3, 0.4) is 0 Å². The van der Waals surface area contributed by atoms with Crippen LogP contribution < -0.4 is 11.1 Å². The molecule has 11 heteroatoms. The fourth-order valence-corrected chi connectivity index (χ4v) is 4.48. The number of nitrogens with one attached hydrogen (secondary N) is 1. The van der Waals surface area contributed by atoms with Gasteiger partial charge in [0.25, 0.3) is 0 Å². The normalized spacial score (nSPS) is 21.0. The summed E-state index contributed by atoms with van der Waals surface area (Å²) in [5.41, 5.74) is 6.29. The molecule has 150 valence electrons. The molecule has 0 saturated heterocycles. The van der Waals surface area contributed by atoms with Crippen molar-refractivity contribution in [2.75, 3.05) is 11.1 Å². The fraction of sp³-hybridized carbons (Fsp3) is 0.222. The highest BCUT2D eigenvalue weighted by Crippen LogP contribution is 2.30. The topological polar surface area (TPSA) is 143 Å². The molecule has 0 fully saturated rings. The van der Waals surface area contributed by atoms with E-state index in [2.05, 4.69) is 25.3 Å². The quantitative estimate of drug-likeness (QED) is 0.587. The van der Waals surface area contributed by atoms with Crippen molar-refractivity contribution < 1.29 is 17.9 Å². The first-order chi connectivity index (χ1) is 13.7. The van der Waals surface area contributed by atoms with E-state index in [1.54, 1.807) is 6.07 Å². The lowest BCUT2D eigenvalue weighted by Crippen LogP contribution is -2.40. The molecule has 9 nitrogen and oxygen atoms in total. The van der Waals surface area contributed by atoms with Crippen LogP contribution >= 0.6 is 0 Å². The number of sulfone groups is 1. The van der Waals surface area contributed by atoms with Gasteiger partial charge in [0.05, 0.1) is 24.2 Å². The van der Waals surface area contributed by atoms with Gasteiger partial charge in [-0.2, -0.15) is 0 Å². The lowest BCUT2D eigenvalue weighted by atomic mass is 10.1. The van der Waals surface area contributed by atoms with Crippen LogP contribution in [0.1, 0.15) is 18.5 Å². The van der Waals surface area contributed by atoms with Gasteiger partial charge in [0.2, 0.25) is 0 Å². The van der Waals surface area contributed by atoms with E-state index < -0.39 is 26.9 Å². The lowest BCUT2D eigenvalue weighted by Gasteiger charge is -2.24. The zero-order chi connectivity index (χ0) is 20.8. The molecule has 4 heterocycles. The SMILES string of the molecule is CC1C(N)=N[C@H](c2cc(Nc3nccc4cc(O)cnc34)ncc2F)CS1(=O)=O. The molecule has 1 unspecified atom stereocenters. The number of halogens is 1. The van der Waals surface area contributed by atoms with Crippen molar-refractivity contribution in [1.29, 1.82) is 0 Å². The molecule has 0 amide bonds. The van der Waals surface area contributed by atoms with E-state index >= 15 is 0 Å². The molecule has 3 aromatic heterocycles. The van der Waals surface area contributed by atoms with Gasteiger partial charge >= 0.3 is 0 Å². The van der Waals surface area contributed by atoms with Crippen LogP contribution in [0, 0.1) is 5.82 Å². The summed E-state index contributed by atoms with van der Waals surface area (Å²) in [7, 11) is -3.54. The Balaban J connectivity index is 1.72. The van der Waals surface area contributed by atoms with E-state index in [-0.39, 0.29) is 28.7 Å². The van der Waals surface area contributed by atoms with E-state index in [4.69, 9.17) is 5.73 Å². The monoisotopic (exact) mass is 416 g/mol. The minimum Gasteiger partial charge on any atom is -0.506 e. The second kappa shape index (κ2) is 6.92. The molecule has 2 atom stereocenters. The number of hydrogen-bond donors (Lipinski definition) is 3. The summed E-state index contributed by atoms with van der Waals surface area (Å²) >= 11 is 0. The van der Waals surface area contributed by atoms with Crippen LogP contribution in [0.5, 0.6) is 5.75 Å². The highest BCUT2D eigenvalue weighted by molar-refractivity contribution is 7.92. The summed E-state index contributed by atoms with van der Waals surface area (Å²) in [5, 5.41) is 12.3. The molecule has 29 heavy (non-hydrogen) atoms. The van der Waals surface area contributed by atoms with Gasteiger partial charge in [-0.05, 0) is 25.1 Å². The minimum absolute atomic E-state index is 0.0139. The fourth-order valence-electron chi connectivity index (χ4n) is 3.07. The van der Waals surface area contributed by atoms with Crippen molar-refractivity contribution in [2.24, 2.45) is 10.7 Å². The zero-order valence-corrected chi connectivity index (χ0v) is 16.1. The molecule has 0 bridgehead atoms. The number of aromatic hydroxyl groups is 1. The van der Waals surface area contributed by atoms with Crippen LogP contribution in [-0.2, 0) is 9.84 Å². The average molecular weight is 416 g/mol. The van der Waals surface area contributed by atoms with Gasteiger partial charge in [-0.3, -0.25) is 4.99 Å². The first-order valence-electron chi connectivity index (χ1n) is 8.65. The number of nitrogens with zero attached hydrogens (tertiary/aromatic N) is 4. The van der Waals surface area contributed by atoms with Gasteiger partial charge in [0, 0.05) is 17.1 Å². The number of rotatable bonds is 3. The van der Waals surface area contributed by atoms with Crippen molar-refractivity contribution in [1.82, 2.24) is 15.0 Å². The molecule has 0 spiro atoms. The summed E-state index contributed by atoms with van der Waals surface area (Å²) in [6, 6.07) is 3.63. The predicted molar refractivity (Wildman–Crippen MR) is 106 cm³/mol. The molecular formula is C18H17FN6O3S. The Bertz CT molecular complexity index is 1250. The minimum atomic E-state index is -3.54. The number of hydrogen-bond acceptors (Lipinski definition) is 9. The highest BCUT2D eigenvalue weighted by atomic mass is 32.2. The van der Waals surface area contributed by atoms with Crippen LogP contribution in [0.25, 0.3) is 10.9 Å². The molecule has 0 aromatic carbocycles. The molecular weight excluding hydrogens is 399 g/mol. The molecule has 1 aliphatic rings. The number of anilines is 2. The van der Waals surface area contributed by atoms with Crippen molar-refractivity contribution >= 4 is 38.2 Å². The molecule has 0 aliphatic carbocycles. The first kappa shape index (κ1) is 19.0. The smallest absolute Gasteiger partial charge is 0.162 e. The second-order valence-electron chi connectivity index (χ2n) is 6.68. The molecule has 1 aliphatic heterocycles. The van der Waals surface area contributed by atoms with E-state index in [1.165, 1.54) is 31.5 Å². The maximum absolute atomic E-state index is 14.4. The van der Waals surface area contributed by atoms with Crippen LogP contribution in [0.2, 0.25) is 0 Å². The number of fused-ring (bicyclic) bond motifs is 1. The molecule has 4 N–H and O–H groups in total. The number of pyridine rings is 3. The number of amidine groups is 1. The van der Waals surface area contributed by atoms with Gasteiger partial charge in [-0.1, -0.05) is 0 Å². The van der Waals surface area contributed by atoms with Gasteiger partial charge < -0.3 is 16.2 Å². The molecule has 4 rings (SSSR count). The van der Waals surface area contributed by atoms with Gasteiger partial charge in [0.1, 0.15) is 34.0 Å². The van der Waals surface area contributed by atoms with Crippen LogP contribution in [0.4, 0.5) is 16.0 Å². The average Bonchev–Trinajstić information content (AvgIpc) is 2.67. The van der Waals surface area contributed by atoms with E-state index in [1.807, 2.05) is 0 Å². The Kier molecular flexibility index (Phi) is 4.53. The van der Waals surface area contributed by atoms with E-state index in [0.717, 1.165) is 6.20 Å². The van der Waals surface area contributed by atoms with Gasteiger partial charge in [-0.15, -0.1) is 0 Å². The summed E-state index contributed by atoms with van der Waals surface area (Å²) in [4.78, 5) is 16.5. The Morgan fingerprint density at radius 3 is 2.79 bits per heavy atom. The van der Waals surface area contributed by atoms with Crippen molar-refractivity contribution in [3.8, 4) is 5.75 Å². The van der Waals surface area contributed by atoms with Crippen LogP contribution in [-0.4, -0.2) is 45.3 Å². The molecule has 3 aromatic rings. The van der Waals surface area contributed by atoms with Crippen molar-refractivity contribution in [3.05, 3.63) is 48.2 Å². The number of aliphatic imine (C=N–C) groups is 1. The van der Waals surface area contributed by atoms with E-state index in [0.29, 0.717) is 16.7 Å². The summed E-state index contributed by atoms with van der Waals surface area (Å²) in [5.74, 6) is -0.480. The third kappa shape index (κ3) is 3.56. The summed E-state index contributed by atoms with van der Waals surface area (Å²) in [6.07, 6.45) is 3.79. The Hall–Kier alpha value is -3.34.